The molecular formula is C13H18N2O2S. The zero-order valence-corrected chi connectivity index (χ0v) is 11.5. The average Bonchev–Trinajstić information content (AvgIpc) is 2.36. The molecule has 0 atom stereocenters. The Bertz CT molecular complexity index is 435. The summed E-state index contributed by atoms with van der Waals surface area (Å²) >= 11 is 5.02. The number of para-hydroxylation sites is 1. The summed E-state index contributed by atoms with van der Waals surface area (Å²) in [6.45, 7) is 5.02. The summed E-state index contributed by atoms with van der Waals surface area (Å²) in [6, 6.07) is 7.52. The Morgan fingerprint density at radius 2 is 2.06 bits per heavy atom. The fourth-order valence-electron chi connectivity index (χ4n) is 1.69. The maximum Gasteiger partial charge on any atom is 0.325 e. The van der Waals surface area contributed by atoms with Crippen molar-refractivity contribution in [2.24, 2.45) is 5.73 Å². The first-order valence-corrected chi connectivity index (χ1v) is 6.30. The molecule has 5 heteroatoms. The van der Waals surface area contributed by atoms with Crippen LogP contribution in [0.4, 0.5) is 5.69 Å². The molecule has 0 heterocycles. The number of nitrogens with zero attached hydrogens (tertiary/aromatic N) is 1. The number of anilines is 1. The molecule has 4 nitrogen and oxygen atoms in total. The number of carbonyl (C=O) groups is 1. The highest BCUT2D eigenvalue weighted by Crippen LogP contribution is 2.20. The number of nitrogens with two attached hydrogens (primary N) is 1. The van der Waals surface area contributed by atoms with Gasteiger partial charge in [0.1, 0.15) is 11.5 Å². The van der Waals surface area contributed by atoms with E-state index in [9.17, 15) is 4.79 Å². The first-order valence-electron chi connectivity index (χ1n) is 5.89. The number of hydrogen-bond acceptors (Lipinski definition) is 4. The summed E-state index contributed by atoms with van der Waals surface area (Å²) in [5.74, 6) is -0.253. The van der Waals surface area contributed by atoms with Gasteiger partial charge in [-0.1, -0.05) is 24.4 Å². The predicted molar refractivity (Wildman–Crippen MR) is 76.8 cm³/mol. The van der Waals surface area contributed by atoms with Crippen molar-refractivity contribution >= 4 is 28.9 Å². The quantitative estimate of drug-likeness (QED) is 0.627. The van der Waals surface area contributed by atoms with Crippen LogP contribution >= 0.6 is 12.2 Å². The van der Waals surface area contributed by atoms with E-state index < -0.39 is 0 Å². The number of benzene rings is 1. The number of esters is 1. The Morgan fingerprint density at radius 3 is 2.61 bits per heavy atom. The van der Waals surface area contributed by atoms with Gasteiger partial charge >= 0.3 is 5.97 Å². The molecule has 0 saturated carbocycles. The summed E-state index contributed by atoms with van der Waals surface area (Å²) in [4.78, 5) is 13.8. The van der Waals surface area contributed by atoms with Gasteiger partial charge < -0.3 is 15.4 Å². The molecule has 0 aliphatic heterocycles. The van der Waals surface area contributed by atoms with Gasteiger partial charge in [-0.15, -0.1) is 0 Å². The standard InChI is InChI=1S/C13H18N2O2S/c1-3-15(9-12(16)17-4-2)11-8-6-5-7-10(11)13(14)18/h5-8H,3-4,9H2,1-2H3,(H2,14,18). The molecule has 1 aromatic rings. The van der Waals surface area contributed by atoms with Crippen LogP contribution in [-0.2, 0) is 9.53 Å². The molecule has 1 aromatic carbocycles. The van der Waals surface area contributed by atoms with E-state index in [0.717, 1.165) is 11.3 Å². The van der Waals surface area contributed by atoms with E-state index in [1.54, 1.807) is 6.92 Å². The molecular weight excluding hydrogens is 248 g/mol. The van der Waals surface area contributed by atoms with E-state index in [1.165, 1.54) is 0 Å². The highest BCUT2D eigenvalue weighted by Gasteiger charge is 2.14. The van der Waals surface area contributed by atoms with Crippen molar-refractivity contribution in [3.63, 3.8) is 0 Å². The maximum atomic E-state index is 11.5. The van der Waals surface area contributed by atoms with Crippen LogP contribution in [0.2, 0.25) is 0 Å². The average molecular weight is 266 g/mol. The molecule has 0 radical (unpaired) electrons. The number of hydrogen-bond donors (Lipinski definition) is 1. The molecule has 0 aliphatic carbocycles. The van der Waals surface area contributed by atoms with Crippen LogP contribution in [0, 0.1) is 0 Å². The molecule has 0 saturated heterocycles. The minimum Gasteiger partial charge on any atom is -0.465 e. The molecule has 0 unspecified atom stereocenters. The predicted octanol–water partition coefficient (Wildman–Crippen LogP) is 1.71. The van der Waals surface area contributed by atoms with Gasteiger partial charge in [0, 0.05) is 17.8 Å². The second kappa shape index (κ2) is 6.96. The van der Waals surface area contributed by atoms with Crippen molar-refractivity contribution in [2.45, 2.75) is 13.8 Å². The van der Waals surface area contributed by atoms with Gasteiger partial charge in [0.25, 0.3) is 0 Å². The van der Waals surface area contributed by atoms with Gasteiger partial charge in [-0.25, -0.2) is 0 Å². The number of likely N-dealkylation sites (N-methyl/N-ethyl adjacent to an activating group) is 1. The van der Waals surface area contributed by atoms with Gasteiger partial charge in [0.05, 0.1) is 6.61 Å². The maximum absolute atomic E-state index is 11.5. The van der Waals surface area contributed by atoms with E-state index >= 15 is 0 Å². The summed E-state index contributed by atoms with van der Waals surface area (Å²) in [6.07, 6.45) is 0. The van der Waals surface area contributed by atoms with Crippen LogP contribution in [0.25, 0.3) is 0 Å². The first-order chi connectivity index (χ1) is 8.60. The van der Waals surface area contributed by atoms with Crippen LogP contribution in [0.1, 0.15) is 19.4 Å². The molecule has 0 spiro atoms. The smallest absolute Gasteiger partial charge is 0.325 e. The molecule has 2 N–H and O–H groups in total. The van der Waals surface area contributed by atoms with Gasteiger partial charge in [-0.2, -0.15) is 0 Å². The Kier molecular flexibility index (Phi) is 5.58. The van der Waals surface area contributed by atoms with Crippen molar-refractivity contribution in [1.29, 1.82) is 0 Å². The van der Waals surface area contributed by atoms with Gasteiger partial charge in [-0.3, -0.25) is 4.79 Å². The van der Waals surface area contributed by atoms with Crippen molar-refractivity contribution in [3.05, 3.63) is 29.8 Å². The summed E-state index contributed by atoms with van der Waals surface area (Å²) in [5.41, 5.74) is 7.32. The molecule has 0 bridgehead atoms. The summed E-state index contributed by atoms with van der Waals surface area (Å²) < 4.78 is 4.95. The first kappa shape index (κ1) is 14.4. The molecule has 1 rings (SSSR count). The Balaban J connectivity index is 2.94. The van der Waals surface area contributed by atoms with Gasteiger partial charge in [0.15, 0.2) is 0 Å². The largest absolute Gasteiger partial charge is 0.465 e. The van der Waals surface area contributed by atoms with E-state index in [-0.39, 0.29) is 12.5 Å². The van der Waals surface area contributed by atoms with E-state index in [0.29, 0.717) is 18.1 Å². The van der Waals surface area contributed by atoms with E-state index in [2.05, 4.69) is 0 Å². The minimum atomic E-state index is -0.253. The van der Waals surface area contributed by atoms with Crippen LogP contribution in [0.5, 0.6) is 0 Å². The molecule has 0 aromatic heterocycles. The third-order valence-corrected chi connectivity index (χ3v) is 2.74. The lowest BCUT2D eigenvalue weighted by atomic mass is 10.1. The van der Waals surface area contributed by atoms with Crippen LogP contribution in [0.15, 0.2) is 24.3 Å². The second-order valence-electron chi connectivity index (χ2n) is 3.70. The fourth-order valence-corrected chi connectivity index (χ4v) is 1.86. The third kappa shape index (κ3) is 3.70. The lowest BCUT2D eigenvalue weighted by Gasteiger charge is -2.24. The third-order valence-electron chi connectivity index (χ3n) is 2.52. The summed E-state index contributed by atoms with van der Waals surface area (Å²) in [5, 5.41) is 0. The fraction of sp³-hybridized carbons (Fsp3) is 0.385. The lowest BCUT2D eigenvalue weighted by molar-refractivity contribution is -0.141. The molecule has 0 fully saturated rings. The number of carbonyl (C=O) groups excluding carboxylic acids is 1. The Morgan fingerprint density at radius 1 is 1.39 bits per heavy atom. The van der Waals surface area contributed by atoms with E-state index in [1.807, 2.05) is 36.1 Å². The normalized spacial score (nSPS) is 9.89. The highest BCUT2D eigenvalue weighted by molar-refractivity contribution is 7.80. The number of rotatable bonds is 6. The van der Waals surface area contributed by atoms with Gasteiger partial charge in [-0.05, 0) is 26.0 Å². The lowest BCUT2D eigenvalue weighted by Crippen LogP contribution is -2.32. The highest BCUT2D eigenvalue weighted by atomic mass is 32.1. The van der Waals surface area contributed by atoms with E-state index in [4.69, 9.17) is 22.7 Å². The summed E-state index contributed by atoms with van der Waals surface area (Å²) in [7, 11) is 0. The topological polar surface area (TPSA) is 55.6 Å². The van der Waals surface area contributed by atoms with Crippen LogP contribution in [0.3, 0.4) is 0 Å². The SMILES string of the molecule is CCOC(=O)CN(CC)c1ccccc1C(N)=S. The van der Waals surface area contributed by atoms with Crippen molar-refractivity contribution < 1.29 is 9.53 Å². The minimum absolute atomic E-state index is 0.198. The van der Waals surface area contributed by atoms with Crippen LogP contribution in [-0.4, -0.2) is 30.7 Å². The van der Waals surface area contributed by atoms with Crippen molar-refractivity contribution in [3.8, 4) is 0 Å². The zero-order chi connectivity index (χ0) is 13.5. The Hall–Kier alpha value is -1.62. The van der Waals surface area contributed by atoms with Crippen molar-refractivity contribution in [2.75, 3.05) is 24.6 Å². The van der Waals surface area contributed by atoms with Gasteiger partial charge in [0.2, 0.25) is 0 Å². The second-order valence-corrected chi connectivity index (χ2v) is 4.14. The molecule has 18 heavy (non-hydrogen) atoms. The van der Waals surface area contributed by atoms with Crippen LogP contribution < -0.4 is 10.6 Å². The number of ether oxygens (including phenoxy) is 1. The molecule has 98 valence electrons. The number of thiocarbonyl (C=S) groups is 1. The van der Waals surface area contributed by atoms with Crippen molar-refractivity contribution in [1.82, 2.24) is 0 Å². The molecule has 0 aliphatic rings. The Labute approximate surface area is 113 Å². The zero-order valence-electron chi connectivity index (χ0n) is 10.7. The molecule has 0 amide bonds. The monoisotopic (exact) mass is 266 g/mol.